The van der Waals surface area contributed by atoms with Crippen molar-refractivity contribution in [2.24, 2.45) is 5.10 Å². The molecule has 0 saturated heterocycles. The summed E-state index contributed by atoms with van der Waals surface area (Å²) in [6, 6.07) is 21.4. The SMILES string of the molecule is CC(=O)Nc1cccc(C(=O)N/N=C\c2ccc(OCc3ccc(Cl)cc3)cc2)c1. The Kier molecular flexibility index (Phi) is 7.19. The lowest BCUT2D eigenvalue weighted by Crippen LogP contribution is -2.18. The van der Waals surface area contributed by atoms with Crippen LogP contribution in [0.15, 0.2) is 77.9 Å². The van der Waals surface area contributed by atoms with E-state index in [4.69, 9.17) is 16.3 Å². The number of carbonyl (C=O) groups is 2. The maximum absolute atomic E-state index is 12.2. The van der Waals surface area contributed by atoms with E-state index in [1.165, 1.54) is 6.92 Å². The van der Waals surface area contributed by atoms with Crippen molar-refractivity contribution in [1.82, 2.24) is 5.43 Å². The Morgan fingerprint density at radius 3 is 2.47 bits per heavy atom. The van der Waals surface area contributed by atoms with E-state index >= 15 is 0 Å². The molecule has 6 nitrogen and oxygen atoms in total. The first-order valence-corrected chi connectivity index (χ1v) is 9.56. The predicted molar refractivity (Wildman–Crippen MR) is 118 cm³/mol. The van der Waals surface area contributed by atoms with E-state index in [2.05, 4.69) is 15.8 Å². The van der Waals surface area contributed by atoms with Gasteiger partial charge in [-0.05, 0) is 65.7 Å². The van der Waals surface area contributed by atoms with Gasteiger partial charge in [0, 0.05) is 23.2 Å². The molecule has 0 heterocycles. The fraction of sp³-hybridized carbons (Fsp3) is 0.0870. The van der Waals surface area contributed by atoms with Gasteiger partial charge < -0.3 is 10.1 Å². The number of halogens is 1. The van der Waals surface area contributed by atoms with Crippen LogP contribution in [0.3, 0.4) is 0 Å². The molecule has 152 valence electrons. The van der Waals surface area contributed by atoms with E-state index < -0.39 is 0 Å². The van der Waals surface area contributed by atoms with Gasteiger partial charge in [0.2, 0.25) is 5.91 Å². The molecule has 7 heteroatoms. The molecule has 2 N–H and O–H groups in total. The third kappa shape index (κ3) is 6.46. The van der Waals surface area contributed by atoms with Crippen LogP contribution in [0.2, 0.25) is 5.02 Å². The molecule has 0 saturated carbocycles. The van der Waals surface area contributed by atoms with Crippen molar-refractivity contribution in [2.45, 2.75) is 13.5 Å². The minimum atomic E-state index is -0.374. The summed E-state index contributed by atoms with van der Waals surface area (Å²) in [7, 11) is 0. The van der Waals surface area contributed by atoms with Crippen molar-refractivity contribution >= 4 is 35.3 Å². The summed E-state index contributed by atoms with van der Waals surface area (Å²) in [5.41, 5.74) is 5.24. The van der Waals surface area contributed by atoms with Gasteiger partial charge in [-0.2, -0.15) is 5.10 Å². The number of rotatable bonds is 7. The summed E-state index contributed by atoms with van der Waals surface area (Å²) >= 11 is 5.87. The number of hydrazone groups is 1. The molecule has 0 fully saturated rings. The van der Waals surface area contributed by atoms with Crippen LogP contribution >= 0.6 is 11.6 Å². The number of anilines is 1. The Bertz CT molecular complexity index is 1050. The number of hydrogen-bond acceptors (Lipinski definition) is 4. The zero-order valence-corrected chi connectivity index (χ0v) is 17.0. The minimum absolute atomic E-state index is 0.203. The lowest BCUT2D eigenvalue weighted by molar-refractivity contribution is -0.114. The molecular weight excluding hydrogens is 402 g/mol. The molecule has 2 amide bonds. The van der Waals surface area contributed by atoms with Gasteiger partial charge in [0.05, 0.1) is 6.21 Å². The lowest BCUT2D eigenvalue weighted by atomic mass is 10.2. The summed E-state index contributed by atoms with van der Waals surface area (Å²) in [5.74, 6) is 0.147. The van der Waals surface area contributed by atoms with Crippen LogP contribution in [-0.4, -0.2) is 18.0 Å². The zero-order chi connectivity index (χ0) is 21.3. The first kappa shape index (κ1) is 21.1. The zero-order valence-electron chi connectivity index (χ0n) is 16.3. The van der Waals surface area contributed by atoms with Crippen LogP contribution in [0, 0.1) is 0 Å². The Balaban J connectivity index is 1.51. The lowest BCUT2D eigenvalue weighted by Gasteiger charge is -2.06. The topological polar surface area (TPSA) is 79.8 Å². The second-order valence-electron chi connectivity index (χ2n) is 6.45. The average Bonchev–Trinajstić information content (AvgIpc) is 2.74. The van der Waals surface area contributed by atoms with Crippen LogP contribution in [0.25, 0.3) is 0 Å². The number of hydrogen-bond donors (Lipinski definition) is 2. The molecule has 0 spiro atoms. The summed E-state index contributed by atoms with van der Waals surface area (Å²) in [4.78, 5) is 23.3. The quantitative estimate of drug-likeness (QED) is 0.430. The highest BCUT2D eigenvalue weighted by molar-refractivity contribution is 6.30. The van der Waals surface area contributed by atoms with E-state index in [0.29, 0.717) is 22.9 Å². The maximum atomic E-state index is 12.2. The fourth-order valence-electron chi connectivity index (χ4n) is 2.57. The number of amides is 2. The molecule has 3 aromatic rings. The highest BCUT2D eigenvalue weighted by atomic mass is 35.5. The van der Waals surface area contributed by atoms with E-state index in [1.807, 2.05) is 48.5 Å². The van der Waals surface area contributed by atoms with Gasteiger partial charge in [0.15, 0.2) is 0 Å². The highest BCUT2D eigenvalue weighted by Crippen LogP contribution is 2.15. The predicted octanol–water partition coefficient (Wildman–Crippen LogP) is 4.64. The van der Waals surface area contributed by atoms with E-state index in [1.54, 1.807) is 30.5 Å². The monoisotopic (exact) mass is 421 g/mol. The smallest absolute Gasteiger partial charge is 0.271 e. The molecule has 30 heavy (non-hydrogen) atoms. The second-order valence-corrected chi connectivity index (χ2v) is 6.88. The van der Waals surface area contributed by atoms with Crippen molar-refractivity contribution in [3.05, 3.63) is 94.5 Å². The highest BCUT2D eigenvalue weighted by Gasteiger charge is 2.05. The third-order valence-electron chi connectivity index (χ3n) is 4.02. The van der Waals surface area contributed by atoms with E-state index in [0.717, 1.165) is 16.9 Å². The van der Waals surface area contributed by atoms with Gasteiger partial charge in [0.1, 0.15) is 12.4 Å². The molecule has 3 rings (SSSR count). The Hall–Kier alpha value is -3.64. The molecule has 0 aliphatic heterocycles. The van der Waals surface area contributed by atoms with Crippen LogP contribution < -0.4 is 15.5 Å². The average molecular weight is 422 g/mol. The van der Waals surface area contributed by atoms with Gasteiger partial charge in [0.25, 0.3) is 5.91 Å². The van der Waals surface area contributed by atoms with Crippen LogP contribution in [0.4, 0.5) is 5.69 Å². The van der Waals surface area contributed by atoms with Crippen LogP contribution in [0.5, 0.6) is 5.75 Å². The van der Waals surface area contributed by atoms with Gasteiger partial charge >= 0.3 is 0 Å². The number of benzene rings is 3. The van der Waals surface area contributed by atoms with Gasteiger partial charge in [-0.3, -0.25) is 9.59 Å². The first-order valence-electron chi connectivity index (χ1n) is 9.18. The molecule has 0 radical (unpaired) electrons. The molecule has 0 aromatic heterocycles. The Morgan fingerprint density at radius 1 is 1.03 bits per heavy atom. The molecule has 0 aliphatic carbocycles. The van der Waals surface area contributed by atoms with E-state index in [-0.39, 0.29) is 11.8 Å². The third-order valence-corrected chi connectivity index (χ3v) is 4.28. The van der Waals surface area contributed by atoms with Crippen LogP contribution in [-0.2, 0) is 11.4 Å². The van der Waals surface area contributed by atoms with Crippen molar-refractivity contribution in [3.8, 4) is 5.75 Å². The normalized spacial score (nSPS) is 10.6. The first-order chi connectivity index (χ1) is 14.5. The largest absolute Gasteiger partial charge is 0.489 e. The summed E-state index contributed by atoms with van der Waals surface area (Å²) in [5, 5.41) is 7.30. The molecule has 0 atom stereocenters. The number of nitrogens with one attached hydrogen (secondary N) is 2. The van der Waals surface area contributed by atoms with Gasteiger partial charge in [-0.25, -0.2) is 5.43 Å². The summed E-state index contributed by atoms with van der Waals surface area (Å²) in [6.45, 7) is 1.85. The van der Waals surface area contributed by atoms with Crippen molar-refractivity contribution in [3.63, 3.8) is 0 Å². The summed E-state index contributed by atoms with van der Waals surface area (Å²) in [6.07, 6.45) is 1.54. The molecule has 3 aromatic carbocycles. The second kappa shape index (κ2) is 10.2. The number of ether oxygens (including phenoxy) is 1. The maximum Gasteiger partial charge on any atom is 0.271 e. The van der Waals surface area contributed by atoms with Crippen LogP contribution in [0.1, 0.15) is 28.4 Å². The molecule has 0 bridgehead atoms. The molecule has 0 aliphatic rings. The fourth-order valence-corrected chi connectivity index (χ4v) is 2.69. The Morgan fingerprint density at radius 2 is 1.77 bits per heavy atom. The van der Waals surface area contributed by atoms with Gasteiger partial charge in [-0.15, -0.1) is 0 Å². The Labute approximate surface area is 179 Å². The minimum Gasteiger partial charge on any atom is -0.489 e. The van der Waals surface area contributed by atoms with E-state index in [9.17, 15) is 9.59 Å². The molecular formula is C23H20ClN3O3. The standard InChI is InChI=1S/C23H20ClN3O3/c1-16(28)26-21-4-2-3-19(13-21)23(29)27-25-14-17-7-11-22(12-8-17)30-15-18-5-9-20(24)10-6-18/h2-14H,15H2,1H3,(H,26,28)(H,27,29)/b25-14-. The molecule has 0 unspecified atom stereocenters. The van der Waals surface area contributed by atoms with Crippen molar-refractivity contribution < 1.29 is 14.3 Å². The van der Waals surface area contributed by atoms with Gasteiger partial charge in [-0.1, -0.05) is 29.8 Å². The van der Waals surface area contributed by atoms with Crippen molar-refractivity contribution in [1.29, 1.82) is 0 Å². The number of nitrogens with zero attached hydrogens (tertiary/aromatic N) is 1. The summed E-state index contributed by atoms with van der Waals surface area (Å²) < 4.78 is 5.74. The van der Waals surface area contributed by atoms with Crippen molar-refractivity contribution in [2.75, 3.05) is 5.32 Å². The number of carbonyl (C=O) groups excluding carboxylic acids is 2.